The molecule has 0 N–H and O–H groups in total. The van der Waals surface area contributed by atoms with Crippen molar-refractivity contribution < 1.29 is 28.6 Å². The SMILES string of the molecule is CC/C=C\C/C=C\C/C=C\CCCCCCCCCCCC(=O)OCC(COC(=O)CCCCCCC/C=C\C/C=C\CC)OC(=O)CCCCCCCCCCCCCCCCCCCCC. The lowest BCUT2D eigenvalue weighted by Gasteiger charge is -2.18. The van der Waals surface area contributed by atoms with Crippen molar-refractivity contribution in [2.45, 2.75) is 303 Å². The van der Waals surface area contributed by atoms with Gasteiger partial charge in [-0.05, 0) is 77.0 Å². The number of unbranched alkanes of at least 4 members (excludes halogenated alkanes) is 32. The molecule has 0 radical (unpaired) electrons. The summed E-state index contributed by atoms with van der Waals surface area (Å²) in [7, 11) is 0. The van der Waals surface area contributed by atoms with E-state index in [-0.39, 0.29) is 31.1 Å². The van der Waals surface area contributed by atoms with E-state index in [0.29, 0.717) is 19.3 Å². The summed E-state index contributed by atoms with van der Waals surface area (Å²) in [6.45, 7) is 6.44. The molecule has 0 saturated heterocycles. The third-order valence-electron chi connectivity index (χ3n) is 12.8. The van der Waals surface area contributed by atoms with Crippen molar-refractivity contribution in [3.05, 3.63) is 60.8 Å². The van der Waals surface area contributed by atoms with E-state index in [2.05, 4.69) is 81.5 Å². The van der Waals surface area contributed by atoms with Gasteiger partial charge in [-0.25, -0.2) is 0 Å². The lowest BCUT2D eigenvalue weighted by Crippen LogP contribution is -2.30. The zero-order valence-corrected chi connectivity index (χ0v) is 45.1. The average molecular weight is 952 g/mol. The fourth-order valence-electron chi connectivity index (χ4n) is 8.44. The molecule has 0 fully saturated rings. The number of allylic oxidation sites excluding steroid dienone is 10. The van der Waals surface area contributed by atoms with Crippen LogP contribution in [0.25, 0.3) is 0 Å². The van der Waals surface area contributed by atoms with Gasteiger partial charge in [-0.3, -0.25) is 14.4 Å². The molecule has 68 heavy (non-hydrogen) atoms. The van der Waals surface area contributed by atoms with Crippen LogP contribution in [-0.2, 0) is 28.6 Å². The van der Waals surface area contributed by atoms with Crippen LogP contribution in [0.5, 0.6) is 0 Å². The molecule has 0 aromatic carbocycles. The molecule has 0 aliphatic rings. The van der Waals surface area contributed by atoms with E-state index in [1.165, 1.54) is 154 Å². The van der Waals surface area contributed by atoms with Crippen molar-refractivity contribution in [1.82, 2.24) is 0 Å². The molecule has 0 aliphatic carbocycles. The Labute approximate surface area is 421 Å². The molecule has 6 heteroatoms. The molecule has 0 spiro atoms. The maximum absolute atomic E-state index is 12.9. The molecule has 394 valence electrons. The number of hydrogen-bond acceptors (Lipinski definition) is 6. The number of carbonyl (C=O) groups is 3. The van der Waals surface area contributed by atoms with Crippen molar-refractivity contribution in [3.63, 3.8) is 0 Å². The number of ether oxygens (including phenoxy) is 3. The first-order valence-electron chi connectivity index (χ1n) is 29.3. The van der Waals surface area contributed by atoms with Gasteiger partial charge in [0.1, 0.15) is 13.2 Å². The Balaban J connectivity index is 4.32. The van der Waals surface area contributed by atoms with Crippen LogP contribution in [0.2, 0.25) is 0 Å². The third kappa shape index (κ3) is 54.1. The molecule has 0 aromatic rings. The van der Waals surface area contributed by atoms with Crippen molar-refractivity contribution in [2.24, 2.45) is 0 Å². The normalized spacial score (nSPS) is 12.5. The van der Waals surface area contributed by atoms with Crippen LogP contribution >= 0.6 is 0 Å². The first-order chi connectivity index (χ1) is 33.5. The van der Waals surface area contributed by atoms with E-state index < -0.39 is 6.10 Å². The van der Waals surface area contributed by atoms with Gasteiger partial charge in [0.2, 0.25) is 0 Å². The molecule has 0 heterocycles. The standard InChI is InChI=1S/C62H110O6/c1-4-7-10-13-16-19-22-25-27-29-31-33-35-37-40-43-46-49-52-55-61(64)67-58-59(57-66-60(63)54-51-48-45-42-39-24-21-18-15-12-9-6-3)68-62(65)56-53-50-47-44-41-38-36-34-32-30-28-26-23-20-17-14-11-8-5-2/h7,9-10,12,16,18-19,21,25,27,59H,4-6,8,11,13-15,17,20,22-24,26,28-58H2,1-3H3/b10-7-,12-9-,19-16-,21-18-,27-25-. The number of hydrogen-bond donors (Lipinski definition) is 0. The summed E-state index contributed by atoms with van der Waals surface area (Å²) in [5, 5.41) is 0. The van der Waals surface area contributed by atoms with Gasteiger partial charge in [-0.15, -0.1) is 0 Å². The highest BCUT2D eigenvalue weighted by Gasteiger charge is 2.19. The summed E-state index contributed by atoms with van der Waals surface area (Å²) < 4.78 is 16.9. The van der Waals surface area contributed by atoms with Gasteiger partial charge in [0.15, 0.2) is 6.10 Å². The van der Waals surface area contributed by atoms with E-state index in [0.717, 1.165) is 103 Å². The second-order valence-electron chi connectivity index (χ2n) is 19.5. The molecule has 1 unspecified atom stereocenters. The molecule has 0 aliphatic heterocycles. The first-order valence-corrected chi connectivity index (χ1v) is 29.3. The lowest BCUT2D eigenvalue weighted by molar-refractivity contribution is -0.167. The van der Waals surface area contributed by atoms with Crippen molar-refractivity contribution in [3.8, 4) is 0 Å². The molecule has 1 atom stereocenters. The van der Waals surface area contributed by atoms with Gasteiger partial charge in [0.05, 0.1) is 0 Å². The fourth-order valence-corrected chi connectivity index (χ4v) is 8.44. The van der Waals surface area contributed by atoms with Crippen LogP contribution in [0.15, 0.2) is 60.8 Å². The largest absolute Gasteiger partial charge is 0.462 e. The molecule has 0 amide bonds. The van der Waals surface area contributed by atoms with Crippen molar-refractivity contribution >= 4 is 17.9 Å². The minimum atomic E-state index is -0.780. The van der Waals surface area contributed by atoms with Gasteiger partial charge in [-0.1, -0.05) is 261 Å². The highest BCUT2D eigenvalue weighted by atomic mass is 16.6. The fraction of sp³-hybridized carbons (Fsp3) is 0.790. The van der Waals surface area contributed by atoms with Crippen LogP contribution in [0.4, 0.5) is 0 Å². The topological polar surface area (TPSA) is 78.9 Å². The van der Waals surface area contributed by atoms with Gasteiger partial charge in [0.25, 0.3) is 0 Å². The lowest BCUT2D eigenvalue weighted by atomic mass is 10.0. The molecule has 6 nitrogen and oxygen atoms in total. The van der Waals surface area contributed by atoms with Crippen molar-refractivity contribution in [1.29, 1.82) is 0 Å². The summed E-state index contributed by atoms with van der Waals surface area (Å²) in [4.78, 5) is 38.2. The number of esters is 3. The summed E-state index contributed by atoms with van der Waals surface area (Å²) >= 11 is 0. The monoisotopic (exact) mass is 951 g/mol. The number of carbonyl (C=O) groups excluding carboxylic acids is 3. The summed E-state index contributed by atoms with van der Waals surface area (Å²) in [5.74, 6) is -0.885. The van der Waals surface area contributed by atoms with E-state index in [1.54, 1.807) is 0 Å². The minimum Gasteiger partial charge on any atom is -0.462 e. The predicted molar refractivity (Wildman–Crippen MR) is 293 cm³/mol. The van der Waals surface area contributed by atoms with Gasteiger partial charge < -0.3 is 14.2 Å². The molecule has 0 rings (SSSR count). The van der Waals surface area contributed by atoms with E-state index in [9.17, 15) is 14.4 Å². The van der Waals surface area contributed by atoms with Crippen LogP contribution in [0, 0.1) is 0 Å². The third-order valence-corrected chi connectivity index (χ3v) is 12.8. The Morgan fingerprint density at radius 2 is 0.574 bits per heavy atom. The van der Waals surface area contributed by atoms with Gasteiger partial charge >= 0.3 is 17.9 Å². The number of rotatable bonds is 53. The summed E-state index contributed by atoms with van der Waals surface area (Å²) in [5.41, 5.74) is 0. The van der Waals surface area contributed by atoms with E-state index in [1.807, 2.05) is 0 Å². The van der Waals surface area contributed by atoms with Gasteiger partial charge in [0, 0.05) is 19.3 Å². The highest BCUT2D eigenvalue weighted by molar-refractivity contribution is 5.71. The average Bonchev–Trinajstić information content (AvgIpc) is 3.34. The van der Waals surface area contributed by atoms with Crippen molar-refractivity contribution in [2.75, 3.05) is 13.2 Å². The molecule has 0 saturated carbocycles. The van der Waals surface area contributed by atoms with Crippen LogP contribution in [0.3, 0.4) is 0 Å². The zero-order valence-electron chi connectivity index (χ0n) is 45.1. The van der Waals surface area contributed by atoms with Gasteiger partial charge in [-0.2, -0.15) is 0 Å². The predicted octanol–water partition coefficient (Wildman–Crippen LogP) is 19.6. The first kappa shape index (κ1) is 65.1. The molecule has 0 aromatic heterocycles. The van der Waals surface area contributed by atoms with Crippen LogP contribution in [-0.4, -0.2) is 37.2 Å². The quantitative estimate of drug-likeness (QED) is 0.0262. The molecule has 0 bridgehead atoms. The zero-order chi connectivity index (χ0) is 49.3. The maximum atomic E-state index is 12.9. The molecular formula is C62H110O6. The van der Waals surface area contributed by atoms with E-state index in [4.69, 9.17) is 14.2 Å². The summed E-state index contributed by atoms with van der Waals surface area (Å²) in [6.07, 6.45) is 70.8. The Morgan fingerprint density at radius 1 is 0.309 bits per heavy atom. The second-order valence-corrected chi connectivity index (χ2v) is 19.5. The molecular weight excluding hydrogens is 841 g/mol. The summed E-state index contributed by atoms with van der Waals surface area (Å²) in [6, 6.07) is 0. The van der Waals surface area contributed by atoms with Crippen LogP contribution < -0.4 is 0 Å². The Kier molecular flexibility index (Phi) is 54.3. The Morgan fingerprint density at radius 3 is 0.897 bits per heavy atom. The highest BCUT2D eigenvalue weighted by Crippen LogP contribution is 2.17. The Bertz CT molecular complexity index is 1230. The van der Waals surface area contributed by atoms with E-state index >= 15 is 0 Å². The maximum Gasteiger partial charge on any atom is 0.306 e. The minimum absolute atomic E-state index is 0.0792. The van der Waals surface area contributed by atoms with Crippen LogP contribution in [0.1, 0.15) is 297 Å². The smallest absolute Gasteiger partial charge is 0.306 e. The second kappa shape index (κ2) is 56.7. The Hall–Kier alpha value is -2.89.